The number of fused-ring (bicyclic) bond motifs is 3. The van der Waals surface area contributed by atoms with E-state index >= 15 is 0 Å². The molecule has 2 aliphatic rings. The Bertz CT molecular complexity index is 1020. The second-order valence-electron chi connectivity index (χ2n) is 7.57. The van der Waals surface area contributed by atoms with Gasteiger partial charge in [-0.15, -0.1) is 0 Å². The number of hydrogen-bond acceptors (Lipinski definition) is 3. The number of halogens is 1. The molecule has 3 unspecified atom stereocenters. The largest absolute Gasteiger partial charge is 0.497 e. The molecule has 0 aromatic heterocycles. The van der Waals surface area contributed by atoms with Crippen LogP contribution in [0.25, 0.3) is 0 Å². The average Bonchev–Trinajstić information content (AvgIpc) is 3.16. The van der Waals surface area contributed by atoms with Crippen molar-refractivity contribution in [1.82, 2.24) is 0 Å². The van der Waals surface area contributed by atoms with Crippen LogP contribution in [0.15, 0.2) is 77.3 Å². The van der Waals surface area contributed by atoms with E-state index in [9.17, 15) is 5.11 Å². The summed E-state index contributed by atoms with van der Waals surface area (Å²) in [5.74, 6) is 1.47. The van der Waals surface area contributed by atoms with Crippen molar-refractivity contribution in [3.8, 4) is 11.5 Å². The summed E-state index contributed by atoms with van der Waals surface area (Å²) in [5, 5.41) is 12.1. The molecule has 3 nitrogen and oxygen atoms in total. The summed E-state index contributed by atoms with van der Waals surface area (Å²) in [6.45, 7) is 0. The Balaban J connectivity index is 1.75. The molecule has 1 saturated carbocycles. The van der Waals surface area contributed by atoms with Crippen molar-refractivity contribution in [2.75, 3.05) is 7.11 Å². The fourth-order valence-corrected chi connectivity index (χ4v) is 5.30. The van der Waals surface area contributed by atoms with Gasteiger partial charge < -0.3 is 14.6 Å². The Hall–Kier alpha value is -2.30. The summed E-state index contributed by atoms with van der Waals surface area (Å²) in [4.78, 5) is 0. The van der Waals surface area contributed by atoms with Crippen LogP contribution < -0.4 is 9.47 Å². The van der Waals surface area contributed by atoms with E-state index in [0.29, 0.717) is 12.2 Å². The van der Waals surface area contributed by atoms with Crippen LogP contribution in [0.3, 0.4) is 0 Å². The normalized spacial score (nSPS) is 27.8. The van der Waals surface area contributed by atoms with Gasteiger partial charge in [-0.2, -0.15) is 0 Å². The fraction of sp³-hybridized carbons (Fsp3) is 0.250. The molecule has 0 amide bonds. The van der Waals surface area contributed by atoms with Crippen LogP contribution in [-0.4, -0.2) is 12.2 Å². The first kappa shape index (κ1) is 17.8. The van der Waals surface area contributed by atoms with Crippen molar-refractivity contribution in [2.45, 2.75) is 30.0 Å². The van der Waals surface area contributed by atoms with Gasteiger partial charge in [0.1, 0.15) is 17.1 Å². The van der Waals surface area contributed by atoms with E-state index in [2.05, 4.69) is 40.2 Å². The van der Waals surface area contributed by atoms with Crippen molar-refractivity contribution in [1.29, 1.82) is 0 Å². The Morgan fingerprint density at radius 2 is 1.79 bits per heavy atom. The SMILES string of the molecule is COc1ccc2c(c1)OC1(c3ccc(Br)cc3)C(c3ccccc3)CCC21O. The molecule has 0 saturated heterocycles. The molecule has 3 aromatic rings. The van der Waals surface area contributed by atoms with Crippen molar-refractivity contribution in [3.05, 3.63) is 94.0 Å². The topological polar surface area (TPSA) is 38.7 Å². The van der Waals surface area contributed by atoms with Gasteiger partial charge in [0.25, 0.3) is 0 Å². The van der Waals surface area contributed by atoms with Crippen LogP contribution in [-0.2, 0) is 11.2 Å². The molecule has 0 spiro atoms. The second kappa shape index (κ2) is 6.36. The summed E-state index contributed by atoms with van der Waals surface area (Å²) in [7, 11) is 1.64. The molecule has 4 heteroatoms. The van der Waals surface area contributed by atoms with E-state index in [1.807, 2.05) is 48.5 Å². The zero-order chi connectivity index (χ0) is 19.4. The lowest BCUT2D eigenvalue weighted by Crippen LogP contribution is -2.47. The Kier molecular flexibility index (Phi) is 4.04. The third-order valence-electron chi connectivity index (χ3n) is 6.28. The molecule has 28 heavy (non-hydrogen) atoms. The standard InChI is InChI=1S/C24H21BrO3/c1-27-19-11-12-21-22(15-19)28-24(17-7-9-18(25)10-8-17)20(13-14-23(21,24)26)16-5-3-2-4-6-16/h2-12,15,20,26H,13-14H2,1H3. The second-order valence-corrected chi connectivity index (χ2v) is 8.48. The quantitative estimate of drug-likeness (QED) is 0.587. The van der Waals surface area contributed by atoms with Crippen molar-refractivity contribution in [3.63, 3.8) is 0 Å². The number of ether oxygens (including phenoxy) is 2. The van der Waals surface area contributed by atoms with Crippen LogP contribution in [0.2, 0.25) is 0 Å². The fourth-order valence-electron chi connectivity index (χ4n) is 5.03. The Morgan fingerprint density at radius 1 is 1.04 bits per heavy atom. The lowest BCUT2D eigenvalue weighted by molar-refractivity contribution is -0.105. The maximum Gasteiger partial charge on any atom is 0.173 e. The van der Waals surface area contributed by atoms with Gasteiger partial charge in [0, 0.05) is 22.0 Å². The first-order chi connectivity index (χ1) is 13.6. The number of benzene rings is 3. The highest BCUT2D eigenvalue weighted by atomic mass is 79.9. The van der Waals surface area contributed by atoms with Crippen molar-refractivity contribution < 1.29 is 14.6 Å². The highest BCUT2D eigenvalue weighted by molar-refractivity contribution is 9.10. The van der Waals surface area contributed by atoms with Gasteiger partial charge in [0.15, 0.2) is 5.60 Å². The van der Waals surface area contributed by atoms with Gasteiger partial charge in [-0.1, -0.05) is 58.4 Å². The minimum absolute atomic E-state index is 0.0401. The predicted octanol–water partition coefficient (Wildman–Crippen LogP) is 5.51. The van der Waals surface area contributed by atoms with Gasteiger partial charge in [-0.25, -0.2) is 0 Å². The summed E-state index contributed by atoms with van der Waals surface area (Å²) in [5.41, 5.74) is 1.04. The number of hydrogen-bond donors (Lipinski definition) is 1. The average molecular weight is 437 g/mol. The lowest BCUT2D eigenvalue weighted by atomic mass is 9.72. The van der Waals surface area contributed by atoms with Gasteiger partial charge >= 0.3 is 0 Å². The summed E-state index contributed by atoms with van der Waals surface area (Å²) >= 11 is 3.53. The highest BCUT2D eigenvalue weighted by Crippen LogP contribution is 2.66. The third-order valence-corrected chi connectivity index (χ3v) is 6.81. The first-order valence-electron chi connectivity index (χ1n) is 9.49. The molecular weight excluding hydrogens is 416 g/mol. The monoisotopic (exact) mass is 436 g/mol. The van der Waals surface area contributed by atoms with E-state index in [-0.39, 0.29) is 5.92 Å². The minimum Gasteiger partial charge on any atom is -0.497 e. The molecular formula is C24H21BrO3. The molecule has 1 aliphatic carbocycles. The van der Waals surface area contributed by atoms with E-state index < -0.39 is 11.2 Å². The van der Waals surface area contributed by atoms with Crippen LogP contribution in [0.4, 0.5) is 0 Å². The Labute approximate surface area is 173 Å². The summed E-state index contributed by atoms with van der Waals surface area (Å²) in [6, 6.07) is 24.2. The van der Waals surface area contributed by atoms with Crippen LogP contribution in [0.5, 0.6) is 11.5 Å². The smallest absolute Gasteiger partial charge is 0.173 e. The predicted molar refractivity (Wildman–Crippen MR) is 112 cm³/mol. The van der Waals surface area contributed by atoms with Gasteiger partial charge in [0.05, 0.1) is 7.11 Å². The number of aliphatic hydroxyl groups is 1. The van der Waals surface area contributed by atoms with E-state index in [0.717, 1.165) is 27.8 Å². The van der Waals surface area contributed by atoms with E-state index in [1.54, 1.807) is 7.11 Å². The molecule has 1 heterocycles. The maximum atomic E-state index is 12.1. The number of rotatable bonds is 3. The van der Waals surface area contributed by atoms with Gasteiger partial charge in [0.2, 0.25) is 0 Å². The van der Waals surface area contributed by atoms with Crippen LogP contribution >= 0.6 is 15.9 Å². The Morgan fingerprint density at radius 3 is 2.50 bits per heavy atom. The molecule has 3 aromatic carbocycles. The van der Waals surface area contributed by atoms with Gasteiger partial charge in [-0.05, 0) is 48.2 Å². The van der Waals surface area contributed by atoms with E-state index in [4.69, 9.17) is 9.47 Å². The maximum absolute atomic E-state index is 12.1. The molecule has 1 N–H and O–H groups in total. The molecule has 5 rings (SSSR count). The first-order valence-corrected chi connectivity index (χ1v) is 10.3. The molecule has 1 aliphatic heterocycles. The summed E-state index contributed by atoms with van der Waals surface area (Å²) < 4.78 is 13.1. The third kappa shape index (κ3) is 2.31. The van der Waals surface area contributed by atoms with Crippen LogP contribution in [0.1, 0.15) is 35.4 Å². The molecule has 142 valence electrons. The van der Waals surface area contributed by atoms with E-state index in [1.165, 1.54) is 5.56 Å². The van der Waals surface area contributed by atoms with Crippen molar-refractivity contribution >= 4 is 15.9 Å². The molecule has 1 fully saturated rings. The molecule has 0 radical (unpaired) electrons. The minimum atomic E-state index is -1.09. The zero-order valence-electron chi connectivity index (χ0n) is 15.6. The van der Waals surface area contributed by atoms with Crippen LogP contribution in [0, 0.1) is 0 Å². The zero-order valence-corrected chi connectivity index (χ0v) is 17.1. The molecule has 3 atom stereocenters. The van der Waals surface area contributed by atoms with Gasteiger partial charge in [-0.3, -0.25) is 0 Å². The lowest BCUT2D eigenvalue weighted by Gasteiger charge is -2.40. The number of methoxy groups -OCH3 is 1. The molecule has 0 bridgehead atoms. The van der Waals surface area contributed by atoms with Crippen molar-refractivity contribution in [2.24, 2.45) is 0 Å². The highest BCUT2D eigenvalue weighted by Gasteiger charge is 2.68. The summed E-state index contributed by atoms with van der Waals surface area (Å²) in [6.07, 6.45) is 1.49.